The normalized spacial score (nSPS) is 22.3. The minimum absolute atomic E-state index is 0.0774. The van der Waals surface area contributed by atoms with Gasteiger partial charge < -0.3 is 0 Å². The van der Waals surface area contributed by atoms with Crippen molar-refractivity contribution in [1.82, 2.24) is 4.90 Å². The zero-order valence-electron chi connectivity index (χ0n) is 12.4. The highest BCUT2D eigenvalue weighted by molar-refractivity contribution is 9.10. The predicted octanol–water partition coefficient (Wildman–Crippen LogP) is 4.41. The maximum atomic E-state index is 13.7. The largest absolute Gasteiger partial charge is 0.298 e. The molecule has 2 aromatic carbocycles. The fourth-order valence-corrected chi connectivity index (χ4v) is 3.77. The van der Waals surface area contributed by atoms with Crippen LogP contribution in [0, 0.1) is 5.82 Å². The Labute approximate surface area is 148 Å². The number of benzene rings is 2. The Morgan fingerprint density at radius 1 is 1.17 bits per heavy atom. The van der Waals surface area contributed by atoms with Gasteiger partial charge in [-0.1, -0.05) is 63.9 Å². The average molecular weight is 397 g/mol. The summed E-state index contributed by atoms with van der Waals surface area (Å²) < 4.78 is 13.7. The standard InChI is InChI=1S/C18H16BrClFNO/c19-15-11-22(9-12-4-2-1-3-5-12)10-14(18(15)23)13-6-7-16(20)17(21)8-13/h1-8,14-15H,9-11H2. The molecule has 23 heavy (non-hydrogen) atoms. The molecule has 1 aliphatic heterocycles. The highest BCUT2D eigenvalue weighted by atomic mass is 79.9. The zero-order chi connectivity index (χ0) is 16.4. The van der Waals surface area contributed by atoms with Gasteiger partial charge >= 0.3 is 0 Å². The molecule has 0 bridgehead atoms. The van der Waals surface area contributed by atoms with Crippen LogP contribution in [0.5, 0.6) is 0 Å². The number of hydrogen-bond donors (Lipinski definition) is 0. The van der Waals surface area contributed by atoms with Gasteiger partial charge in [0.2, 0.25) is 0 Å². The topological polar surface area (TPSA) is 20.3 Å². The van der Waals surface area contributed by atoms with E-state index in [0.29, 0.717) is 18.7 Å². The summed E-state index contributed by atoms with van der Waals surface area (Å²) >= 11 is 9.21. The van der Waals surface area contributed by atoms with E-state index in [1.165, 1.54) is 17.7 Å². The Balaban J connectivity index is 1.81. The molecule has 2 aromatic rings. The maximum Gasteiger partial charge on any atom is 0.156 e. The minimum Gasteiger partial charge on any atom is -0.298 e. The zero-order valence-corrected chi connectivity index (χ0v) is 14.7. The number of piperidine rings is 1. The van der Waals surface area contributed by atoms with Crippen LogP contribution in [-0.4, -0.2) is 28.6 Å². The summed E-state index contributed by atoms with van der Waals surface area (Å²) in [6.45, 7) is 2.00. The molecule has 0 saturated carbocycles. The lowest BCUT2D eigenvalue weighted by molar-refractivity contribution is -0.122. The number of nitrogens with zero attached hydrogens (tertiary/aromatic N) is 1. The van der Waals surface area contributed by atoms with Crippen molar-refractivity contribution in [3.05, 3.63) is 70.5 Å². The summed E-state index contributed by atoms with van der Waals surface area (Å²) in [5.74, 6) is -0.733. The van der Waals surface area contributed by atoms with E-state index in [4.69, 9.17) is 11.6 Å². The Morgan fingerprint density at radius 3 is 2.61 bits per heavy atom. The van der Waals surface area contributed by atoms with Gasteiger partial charge in [-0.05, 0) is 23.3 Å². The monoisotopic (exact) mass is 395 g/mol. The molecule has 1 aliphatic rings. The summed E-state index contributed by atoms with van der Waals surface area (Å²) in [5.41, 5.74) is 1.88. The van der Waals surface area contributed by atoms with Gasteiger partial charge in [0.15, 0.2) is 5.78 Å². The summed E-state index contributed by atoms with van der Waals surface area (Å²) in [6, 6.07) is 14.7. The molecule has 2 nitrogen and oxygen atoms in total. The van der Waals surface area contributed by atoms with Gasteiger partial charge in [0.25, 0.3) is 0 Å². The first-order valence-electron chi connectivity index (χ1n) is 7.43. The molecule has 0 N–H and O–H groups in total. The number of hydrogen-bond acceptors (Lipinski definition) is 2. The van der Waals surface area contributed by atoms with Gasteiger partial charge in [0.1, 0.15) is 5.82 Å². The molecule has 1 fully saturated rings. The number of rotatable bonds is 3. The van der Waals surface area contributed by atoms with E-state index in [9.17, 15) is 9.18 Å². The molecule has 1 saturated heterocycles. The minimum atomic E-state index is -0.483. The highest BCUT2D eigenvalue weighted by Crippen LogP contribution is 2.30. The van der Waals surface area contributed by atoms with Gasteiger partial charge in [0.05, 0.1) is 15.8 Å². The number of ketones is 1. The maximum absolute atomic E-state index is 13.7. The van der Waals surface area contributed by atoms with E-state index in [1.54, 1.807) is 6.07 Å². The van der Waals surface area contributed by atoms with E-state index in [2.05, 4.69) is 33.0 Å². The van der Waals surface area contributed by atoms with E-state index in [1.807, 2.05) is 18.2 Å². The Kier molecular flexibility index (Phi) is 5.14. The molecule has 2 atom stereocenters. The fourth-order valence-electron chi connectivity index (χ4n) is 2.93. The summed E-state index contributed by atoms with van der Waals surface area (Å²) in [5, 5.41) is 0.0774. The Bertz CT molecular complexity index is 709. The third-order valence-corrected chi connectivity index (χ3v) is 5.15. The van der Waals surface area contributed by atoms with Crippen molar-refractivity contribution in [1.29, 1.82) is 0 Å². The van der Waals surface area contributed by atoms with E-state index in [0.717, 1.165) is 6.54 Å². The first kappa shape index (κ1) is 16.6. The lowest BCUT2D eigenvalue weighted by Gasteiger charge is -2.35. The SMILES string of the molecule is O=C1C(Br)CN(Cc2ccccc2)CC1c1ccc(Cl)c(F)c1. The number of Topliss-reactive ketones (excluding diaryl/α,β-unsaturated/α-hetero) is 1. The van der Waals surface area contributed by atoms with Crippen LogP contribution in [-0.2, 0) is 11.3 Å². The van der Waals surface area contributed by atoms with Crippen LogP contribution in [0.25, 0.3) is 0 Å². The van der Waals surface area contributed by atoms with Crippen molar-refractivity contribution in [2.75, 3.05) is 13.1 Å². The second kappa shape index (κ2) is 7.12. The Morgan fingerprint density at radius 2 is 1.91 bits per heavy atom. The molecule has 0 radical (unpaired) electrons. The van der Waals surface area contributed by atoms with Crippen LogP contribution in [0.2, 0.25) is 5.02 Å². The number of alkyl halides is 1. The van der Waals surface area contributed by atoms with Crippen LogP contribution < -0.4 is 0 Å². The summed E-state index contributed by atoms with van der Waals surface area (Å²) in [7, 11) is 0. The number of carbonyl (C=O) groups is 1. The summed E-state index contributed by atoms with van der Waals surface area (Å²) in [6.07, 6.45) is 0. The van der Waals surface area contributed by atoms with E-state index in [-0.39, 0.29) is 21.6 Å². The van der Waals surface area contributed by atoms with Gasteiger partial charge in [-0.25, -0.2) is 4.39 Å². The average Bonchev–Trinajstić information content (AvgIpc) is 2.54. The second-order valence-electron chi connectivity index (χ2n) is 5.78. The smallest absolute Gasteiger partial charge is 0.156 e. The third kappa shape index (κ3) is 3.82. The number of halogens is 3. The molecular formula is C18H16BrClFNO. The van der Waals surface area contributed by atoms with Crippen LogP contribution in [0.4, 0.5) is 4.39 Å². The van der Waals surface area contributed by atoms with Crippen molar-refractivity contribution >= 4 is 33.3 Å². The van der Waals surface area contributed by atoms with Crippen molar-refractivity contribution in [3.63, 3.8) is 0 Å². The van der Waals surface area contributed by atoms with E-state index >= 15 is 0 Å². The van der Waals surface area contributed by atoms with Crippen LogP contribution in [0.15, 0.2) is 48.5 Å². The molecule has 2 unspecified atom stereocenters. The molecule has 120 valence electrons. The lowest BCUT2D eigenvalue weighted by Crippen LogP contribution is -2.45. The Hall–Kier alpha value is -1.23. The highest BCUT2D eigenvalue weighted by Gasteiger charge is 2.34. The quantitative estimate of drug-likeness (QED) is 0.716. The molecular weight excluding hydrogens is 381 g/mol. The molecule has 0 aliphatic carbocycles. The van der Waals surface area contributed by atoms with E-state index < -0.39 is 5.82 Å². The fraction of sp³-hybridized carbons (Fsp3) is 0.278. The third-order valence-electron chi connectivity index (χ3n) is 4.11. The van der Waals surface area contributed by atoms with Crippen LogP contribution in [0.3, 0.4) is 0 Å². The first-order chi connectivity index (χ1) is 11.0. The molecule has 0 aromatic heterocycles. The lowest BCUT2D eigenvalue weighted by atomic mass is 9.89. The van der Waals surface area contributed by atoms with Gasteiger partial charge in [-0.2, -0.15) is 0 Å². The van der Waals surface area contributed by atoms with Crippen molar-refractivity contribution in [3.8, 4) is 0 Å². The number of likely N-dealkylation sites (tertiary alicyclic amines) is 1. The molecule has 1 heterocycles. The first-order valence-corrected chi connectivity index (χ1v) is 8.73. The number of carbonyl (C=O) groups excluding carboxylic acids is 1. The van der Waals surface area contributed by atoms with Crippen LogP contribution in [0.1, 0.15) is 17.0 Å². The molecule has 0 amide bonds. The van der Waals surface area contributed by atoms with Crippen molar-refractivity contribution < 1.29 is 9.18 Å². The van der Waals surface area contributed by atoms with Crippen LogP contribution >= 0.6 is 27.5 Å². The summed E-state index contributed by atoms with van der Waals surface area (Å²) in [4.78, 5) is 14.5. The molecule has 0 spiro atoms. The van der Waals surface area contributed by atoms with Crippen molar-refractivity contribution in [2.24, 2.45) is 0 Å². The van der Waals surface area contributed by atoms with Crippen molar-refractivity contribution in [2.45, 2.75) is 17.3 Å². The van der Waals surface area contributed by atoms with Gasteiger partial charge in [-0.15, -0.1) is 0 Å². The van der Waals surface area contributed by atoms with Gasteiger partial charge in [-0.3, -0.25) is 9.69 Å². The predicted molar refractivity (Wildman–Crippen MR) is 93.6 cm³/mol. The van der Waals surface area contributed by atoms with Gasteiger partial charge in [0, 0.05) is 19.6 Å². The second-order valence-corrected chi connectivity index (χ2v) is 7.29. The molecule has 5 heteroatoms. The molecule has 3 rings (SSSR count).